The number of carbonyl (C=O) groups excluding carboxylic acids is 1. The van der Waals surface area contributed by atoms with Crippen LogP contribution in [0.1, 0.15) is 24.0 Å². The minimum atomic E-state index is -4.88. The number of aromatic amines is 1. The smallest absolute Gasteiger partial charge is 0.341 e. The van der Waals surface area contributed by atoms with Crippen molar-refractivity contribution in [2.45, 2.75) is 25.1 Å². The molecule has 0 bridgehead atoms. The molecule has 1 atom stereocenters. The summed E-state index contributed by atoms with van der Waals surface area (Å²) >= 11 is 0. The molecule has 1 aromatic heterocycles. The standard InChI is InChI=1S/C9H12F3N5O/c10-9(11,12)8(18)14-4-6-15-7(17-16-6)5-1-2-13-3-5/h5,13H,1-4H2,(H,14,18)(H,15,16,17)/t5-/m0/s1. The zero-order valence-corrected chi connectivity index (χ0v) is 9.34. The predicted octanol–water partition coefficient (Wildman–Crippen LogP) is 0.0601. The summed E-state index contributed by atoms with van der Waals surface area (Å²) in [5.74, 6) is -1.03. The van der Waals surface area contributed by atoms with E-state index in [0.29, 0.717) is 5.82 Å². The summed E-state index contributed by atoms with van der Waals surface area (Å²) in [6.07, 6.45) is -3.98. The minimum absolute atomic E-state index is 0.174. The van der Waals surface area contributed by atoms with Crippen LogP contribution in [-0.2, 0) is 11.3 Å². The summed E-state index contributed by atoms with van der Waals surface area (Å²) in [6.45, 7) is 1.32. The molecule has 1 aliphatic rings. The summed E-state index contributed by atoms with van der Waals surface area (Å²) in [7, 11) is 0. The van der Waals surface area contributed by atoms with Gasteiger partial charge in [0.2, 0.25) is 0 Å². The summed E-state index contributed by atoms with van der Waals surface area (Å²) in [4.78, 5) is 14.7. The molecule has 1 fully saturated rings. The van der Waals surface area contributed by atoms with Gasteiger partial charge in [0.05, 0.1) is 6.54 Å². The topological polar surface area (TPSA) is 82.7 Å². The molecule has 9 heteroatoms. The van der Waals surface area contributed by atoms with Crippen LogP contribution in [0, 0.1) is 0 Å². The van der Waals surface area contributed by atoms with Gasteiger partial charge in [0.25, 0.3) is 0 Å². The molecule has 100 valence electrons. The second-order valence-electron chi connectivity index (χ2n) is 4.01. The third-order valence-electron chi connectivity index (χ3n) is 2.65. The summed E-state index contributed by atoms with van der Waals surface area (Å²) < 4.78 is 35.8. The molecule has 18 heavy (non-hydrogen) atoms. The number of H-pyrrole nitrogens is 1. The van der Waals surface area contributed by atoms with E-state index in [1.807, 2.05) is 0 Å². The van der Waals surface area contributed by atoms with Gasteiger partial charge >= 0.3 is 12.1 Å². The SMILES string of the molecule is O=C(NCc1nc([C@H]2CCNC2)n[nH]1)C(F)(F)F. The Morgan fingerprint density at radius 3 is 2.89 bits per heavy atom. The van der Waals surface area contributed by atoms with Gasteiger partial charge in [-0.1, -0.05) is 0 Å². The van der Waals surface area contributed by atoms with Crippen molar-refractivity contribution in [1.82, 2.24) is 25.8 Å². The number of hydrogen-bond donors (Lipinski definition) is 3. The van der Waals surface area contributed by atoms with E-state index in [-0.39, 0.29) is 18.3 Å². The van der Waals surface area contributed by atoms with Crippen LogP contribution in [0.4, 0.5) is 13.2 Å². The van der Waals surface area contributed by atoms with Gasteiger partial charge in [0.1, 0.15) is 5.82 Å². The molecule has 0 spiro atoms. The van der Waals surface area contributed by atoms with Gasteiger partial charge in [-0.3, -0.25) is 9.89 Å². The van der Waals surface area contributed by atoms with Crippen molar-refractivity contribution in [3.05, 3.63) is 11.6 Å². The third-order valence-corrected chi connectivity index (χ3v) is 2.65. The van der Waals surface area contributed by atoms with Gasteiger partial charge in [-0.2, -0.15) is 18.3 Å². The van der Waals surface area contributed by atoms with Crippen molar-refractivity contribution in [3.63, 3.8) is 0 Å². The van der Waals surface area contributed by atoms with E-state index >= 15 is 0 Å². The van der Waals surface area contributed by atoms with Gasteiger partial charge in [0, 0.05) is 12.5 Å². The molecule has 0 saturated carbocycles. The molecule has 0 aromatic carbocycles. The molecule has 0 aliphatic carbocycles. The van der Waals surface area contributed by atoms with Crippen molar-refractivity contribution in [1.29, 1.82) is 0 Å². The second kappa shape index (κ2) is 4.92. The largest absolute Gasteiger partial charge is 0.471 e. The molecule has 0 unspecified atom stereocenters. The molecular weight excluding hydrogens is 251 g/mol. The number of carbonyl (C=O) groups is 1. The van der Waals surface area contributed by atoms with Gasteiger partial charge in [-0.05, 0) is 13.0 Å². The fourth-order valence-electron chi connectivity index (χ4n) is 1.71. The maximum Gasteiger partial charge on any atom is 0.471 e. The number of hydrogen-bond acceptors (Lipinski definition) is 4. The van der Waals surface area contributed by atoms with E-state index in [1.54, 1.807) is 5.32 Å². The van der Waals surface area contributed by atoms with E-state index in [4.69, 9.17) is 0 Å². The maximum atomic E-state index is 11.9. The van der Waals surface area contributed by atoms with Crippen LogP contribution in [0.25, 0.3) is 0 Å². The van der Waals surface area contributed by atoms with Crippen molar-refractivity contribution in [2.24, 2.45) is 0 Å². The first-order valence-corrected chi connectivity index (χ1v) is 5.43. The van der Waals surface area contributed by atoms with E-state index < -0.39 is 12.1 Å². The van der Waals surface area contributed by atoms with Crippen molar-refractivity contribution >= 4 is 5.91 Å². The molecule has 2 rings (SSSR count). The van der Waals surface area contributed by atoms with Gasteiger partial charge in [-0.25, -0.2) is 4.98 Å². The highest BCUT2D eigenvalue weighted by Gasteiger charge is 2.38. The Labute approximate surface area is 100 Å². The highest BCUT2D eigenvalue weighted by molar-refractivity contribution is 5.81. The molecule has 3 N–H and O–H groups in total. The number of aromatic nitrogens is 3. The first-order valence-electron chi connectivity index (χ1n) is 5.43. The van der Waals surface area contributed by atoms with Crippen molar-refractivity contribution < 1.29 is 18.0 Å². The second-order valence-corrected chi connectivity index (χ2v) is 4.01. The Hall–Kier alpha value is -1.64. The van der Waals surface area contributed by atoms with E-state index in [1.165, 1.54) is 0 Å². The monoisotopic (exact) mass is 263 g/mol. The zero-order valence-electron chi connectivity index (χ0n) is 9.34. The lowest BCUT2D eigenvalue weighted by atomic mass is 10.1. The zero-order chi connectivity index (χ0) is 13.2. The van der Waals surface area contributed by atoms with E-state index in [2.05, 4.69) is 20.5 Å². The molecule has 2 heterocycles. The molecule has 1 aliphatic heterocycles. The Morgan fingerprint density at radius 2 is 2.28 bits per heavy atom. The van der Waals surface area contributed by atoms with Crippen LogP contribution in [0.3, 0.4) is 0 Å². The van der Waals surface area contributed by atoms with E-state index in [0.717, 1.165) is 19.5 Å². The molecule has 1 aromatic rings. The van der Waals surface area contributed by atoms with Crippen LogP contribution in [0.2, 0.25) is 0 Å². The molecular formula is C9H12F3N5O. The van der Waals surface area contributed by atoms with Gasteiger partial charge in [0.15, 0.2) is 5.82 Å². The lowest BCUT2D eigenvalue weighted by Gasteiger charge is -2.05. The number of alkyl halides is 3. The third kappa shape index (κ3) is 2.97. The van der Waals surface area contributed by atoms with Crippen LogP contribution in [-0.4, -0.2) is 40.4 Å². The summed E-state index contributed by atoms with van der Waals surface area (Å²) in [5.41, 5.74) is 0. The van der Waals surface area contributed by atoms with Crippen LogP contribution in [0.15, 0.2) is 0 Å². The molecule has 1 amide bonds. The molecule has 0 radical (unpaired) electrons. The summed E-state index contributed by atoms with van der Waals surface area (Å²) in [6, 6.07) is 0. The van der Waals surface area contributed by atoms with Crippen molar-refractivity contribution in [3.8, 4) is 0 Å². The number of rotatable bonds is 3. The quantitative estimate of drug-likeness (QED) is 0.720. The van der Waals surface area contributed by atoms with Crippen LogP contribution in [0.5, 0.6) is 0 Å². The average Bonchev–Trinajstić information content (AvgIpc) is 2.94. The van der Waals surface area contributed by atoms with E-state index in [9.17, 15) is 18.0 Å². The van der Waals surface area contributed by atoms with Gasteiger partial charge in [-0.15, -0.1) is 0 Å². The Bertz CT molecular complexity index is 424. The van der Waals surface area contributed by atoms with Crippen molar-refractivity contribution in [2.75, 3.05) is 13.1 Å². The van der Waals surface area contributed by atoms with Gasteiger partial charge < -0.3 is 10.6 Å². The predicted molar refractivity (Wildman–Crippen MR) is 54.5 cm³/mol. The number of halogens is 3. The highest BCUT2D eigenvalue weighted by atomic mass is 19.4. The fourth-order valence-corrected chi connectivity index (χ4v) is 1.71. The van der Waals surface area contributed by atoms with Crippen LogP contribution < -0.4 is 10.6 Å². The lowest BCUT2D eigenvalue weighted by molar-refractivity contribution is -0.173. The van der Waals surface area contributed by atoms with Crippen LogP contribution >= 0.6 is 0 Å². The number of amides is 1. The maximum absolute atomic E-state index is 11.9. The normalized spacial score (nSPS) is 20.1. The number of nitrogens with one attached hydrogen (secondary N) is 3. The Morgan fingerprint density at radius 1 is 1.50 bits per heavy atom. The molecule has 6 nitrogen and oxygen atoms in total. The minimum Gasteiger partial charge on any atom is -0.341 e. The Kier molecular flexibility index (Phi) is 3.50. The highest BCUT2D eigenvalue weighted by Crippen LogP contribution is 2.18. The fraction of sp³-hybridized carbons (Fsp3) is 0.667. The average molecular weight is 263 g/mol. The first-order chi connectivity index (χ1) is 8.47. The first kappa shape index (κ1) is 12.8. The Balaban J connectivity index is 1.89. The number of nitrogens with zero attached hydrogens (tertiary/aromatic N) is 2. The lowest BCUT2D eigenvalue weighted by Crippen LogP contribution is -2.36. The summed E-state index contributed by atoms with van der Waals surface area (Å²) in [5, 5.41) is 11.3. The molecule has 1 saturated heterocycles.